The van der Waals surface area contributed by atoms with Crippen molar-refractivity contribution in [2.24, 2.45) is 5.73 Å². The van der Waals surface area contributed by atoms with Crippen molar-refractivity contribution in [1.82, 2.24) is 4.72 Å². The van der Waals surface area contributed by atoms with E-state index < -0.39 is 16.3 Å². The maximum absolute atomic E-state index is 11.7. The highest BCUT2D eigenvalue weighted by Gasteiger charge is 2.21. The molecule has 1 amide bonds. The Morgan fingerprint density at radius 1 is 1.39 bits per heavy atom. The van der Waals surface area contributed by atoms with Crippen molar-refractivity contribution in [2.75, 3.05) is 18.5 Å². The van der Waals surface area contributed by atoms with Crippen LogP contribution in [0.25, 0.3) is 0 Å². The molecule has 3 N–H and O–H groups in total. The molecule has 0 spiro atoms. The highest BCUT2D eigenvalue weighted by Crippen LogP contribution is 2.16. The number of benzene rings is 1. The van der Waals surface area contributed by atoms with Crippen LogP contribution in [0.2, 0.25) is 0 Å². The number of nitrogens with zero attached hydrogens (tertiary/aromatic N) is 1. The Balaban J connectivity index is 2.91. The molecular formula is C10H15N3O4S. The minimum Gasteiger partial charge on any atom is -0.452 e. The molecule has 1 aromatic carbocycles. The molecule has 0 saturated carbocycles. The molecule has 0 unspecified atom stereocenters. The van der Waals surface area contributed by atoms with Gasteiger partial charge < -0.3 is 10.5 Å². The van der Waals surface area contributed by atoms with Crippen molar-refractivity contribution in [1.29, 1.82) is 0 Å². The lowest BCUT2D eigenvalue weighted by molar-refractivity contribution is 0.177. The van der Waals surface area contributed by atoms with E-state index in [9.17, 15) is 13.2 Å². The average molecular weight is 273 g/mol. The lowest BCUT2D eigenvalue weighted by Crippen LogP contribution is -2.41. The third-order valence-electron chi connectivity index (χ3n) is 2.29. The molecule has 0 fully saturated rings. The van der Waals surface area contributed by atoms with Crippen LogP contribution in [-0.2, 0) is 21.5 Å². The Morgan fingerprint density at radius 3 is 2.39 bits per heavy atom. The Bertz CT molecular complexity index is 512. The van der Waals surface area contributed by atoms with Crippen molar-refractivity contribution in [3.8, 4) is 0 Å². The Labute approximate surface area is 106 Å². The minimum atomic E-state index is -3.97. The summed E-state index contributed by atoms with van der Waals surface area (Å²) >= 11 is 0. The largest absolute Gasteiger partial charge is 0.452 e. The maximum atomic E-state index is 11.7. The van der Waals surface area contributed by atoms with Gasteiger partial charge in [-0.3, -0.25) is 4.31 Å². The number of nitrogens with one attached hydrogen (secondary N) is 1. The van der Waals surface area contributed by atoms with Crippen LogP contribution in [0.15, 0.2) is 24.3 Å². The number of anilines is 1. The van der Waals surface area contributed by atoms with Gasteiger partial charge in [0.2, 0.25) is 0 Å². The first-order chi connectivity index (χ1) is 8.40. The van der Waals surface area contributed by atoms with Gasteiger partial charge in [-0.05, 0) is 17.7 Å². The number of nitrogens with two attached hydrogens (primary N) is 1. The van der Waals surface area contributed by atoms with Crippen molar-refractivity contribution >= 4 is 22.0 Å². The van der Waals surface area contributed by atoms with Crippen LogP contribution < -0.4 is 14.8 Å². The van der Waals surface area contributed by atoms with Gasteiger partial charge in [0.15, 0.2) is 0 Å². The molecule has 0 saturated heterocycles. The van der Waals surface area contributed by atoms with E-state index in [-0.39, 0.29) is 0 Å². The lowest BCUT2D eigenvalue weighted by atomic mass is 10.2. The van der Waals surface area contributed by atoms with Crippen LogP contribution in [0.4, 0.5) is 10.5 Å². The summed E-state index contributed by atoms with van der Waals surface area (Å²) in [6, 6.07) is 6.61. The molecule has 0 aliphatic rings. The van der Waals surface area contributed by atoms with E-state index in [0.717, 1.165) is 17.0 Å². The van der Waals surface area contributed by atoms with E-state index in [4.69, 9.17) is 5.73 Å². The third-order valence-corrected chi connectivity index (χ3v) is 3.65. The molecule has 0 atom stereocenters. The summed E-state index contributed by atoms with van der Waals surface area (Å²) in [4.78, 5) is 10.9. The van der Waals surface area contributed by atoms with Gasteiger partial charge in [0.05, 0.1) is 12.8 Å². The molecule has 0 heterocycles. The van der Waals surface area contributed by atoms with E-state index in [1.54, 1.807) is 29.0 Å². The second kappa shape index (κ2) is 5.69. The third kappa shape index (κ3) is 3.34. The Kier molecular flexibility index (Phi) is 4.51. The monoisotopic (exact) mass is 273 g/mol. The highest BCUT2D eigenvalue weighted by molar-refractivity contribution is 7.91. The van der Waals surface area contributed by atoms with Gasteiger partial charge in [-0.25, -0.2) is 9.52 Å². The topological polar surface area (TPSA) is 102 Å². The summed E-state index contributed by atoms with van der Waals surface area (Å²) in [6.07, 6.45) is -1.04. The van der Waals surface area contributed by atoms with E-state index in [1.165, 1.54) is 7.05 Å². The number of carbonyl (C=O) groups is 1. The predicted octanol–water partition coefficient (Wildman–Crippen LogP) is 0.182. The molecule has 1 rings (SSSR count). The second-order valence-electron chi connectivity index (χ2n) is 3.44. The lowest BCUT2D eigenvalue weighted by Gasteiger charge is -2.19. The number of amides is 1. The normalized spacial score (nSPS) is 10.8. The van der Waals surface area contributed by atoms with Gasteiger partial charge in [0.25, 0.3) is 0 Å². The van der Waals surface area contributed by atoms with E-state index in [2.05, 4.69) is 4.74 Å². The van der Waals surface area contributed by atoms with Crippen LogP contribution in [-0.4, -0.2) is 28.7 Å². The summed E-state index contributed by atoms with van der Waals surface area (Å²) in [7, 11) is -1.56. The molecule has 0 aromatic heterocycles. The summed E-state index contributed by atoms with van der Waals surface area (Å²) in [6.45, 7) is 0.372. The van der Waals surface area contributed by atoms with Crippen LogP contribution >= 0.6 is 0 Å². The molecule has 1 aromatic rings. The van der Waals surface area contributed by atoms with Gasteiger partial charge in [-0.15, -0.1) is 0 Å². The molecule has 0 aliphatic carbocycles. The molecule has 7 nitrogen and oxygen atoms in total. The number of hydrogen-bond acceptors (Lipinski definition) is 5. The molecular weight excluding hydrogens is 258 g/mol. The molecule has 0 aliphatic heterocycles. The Morgan fingerprint density at radius 2 is 1.94 bits per heavy atom. The summed E-state index contributed by atoms with van der Waals surface area (Å²) < 4.78 is 30.4. The summed E-state index contributed by atoms with van der Waals surface area (Å²) in [5.41, 5.74) is 6.73. The minimum absolute atomic E-state index is 0.372. The van der Waals surface area contributed by atoms with Crippen LogP contribution in [0, 0.1) is 0 Å². The zero-order chi connectivity index (χ0) is 13.8. The number of carbonyl (C=O) groups excluding carboxylic acids is 1. The SMILES string of the molecule is COC(=O)NS(=O)(=O)N(C)c1ccc(CN)cc1. The van der Waals surface area contributed by atoms with Gasteiger partial charge in [0.1, 0.15) is 0 Å². The van der Waals surface area contributed by atoms with E-state index in [1.807, 2.05) is 0 Å². The number of rotatable bonds is 4. The van der Waals surface area contributed by atoms with Crippen LogP contribution in [0.5, 0.6) is 0 Å². The van der Waals surface area contributed by atoms with Gasteiger partial charge in [-0.2, -0.15) is 8.42 Å². The zero-order valence-electron chi connectivity index (χ0n) is 10.1. The first-order valence-corrected chi connectivity index (χ1v) is 6.48. The molecule has 0 bridgehead atoms. The smallest absolute Gasteiger partial charge is 0.422 e. The fourth-order valence-corrected chi connectivity index (χ4v) is 2.03. The number of hydrogen-bond donors (Lipinski definition) is 2. The number of methoxy groups -OCH3 is 1. The van der Waals surface area contributed by atoms with Crippen LogP contribution in [0.1, 0.15) is 5.56 Å². The Hall–Kier alpha value is -1.80. The fourth-order valence-electron chi connectivity index (χ4n) is 1.20. The standard InChI is InChI=1S/C10H15N3O4S/c1-13(18(15,16)12-10(14)17-2)9-5-3-8(7-11)4-6-9/h3-6H,7,11H2,1-2H3,(H,12,14). The molecule has 8 heteroatoms. The maximum Gasteiger partial charge on any atom is 0.422 e. The van der Waals surface area contributed by atoms with Crippen LogP contribution in [0.3, 0.4) is 0 Å². The second-order valence-corrected chi connectivity index (χ2v) is 5.14. The molecule has 0 radical (unpaired) electrons. The van der Waals surface area contributed by atoms with E-state index in [0.29, 0.717) is 12.2 Å². The van der Waals surface area contributed by atoms with E-state index >= 15 is 0 Å². The van der Waals surface area contributed by atoms with Crippen molar-refractivity contribution in [2.45, 2.75) is 6.54 Å². The van der Waals surface area contributed by atoms with Crippen molar-refractivity contribution in [3.63, 3.8) is 0 Å². The van der Waals surface area contributed by atoms with Gasteiger partial charge in [0, 0.05) is 13.6 Å². The summed E-state index contributed by atoms with van der Waals surface area (Å²) in [5.74, 6) is 0. The van der Waals surface area contributed by atoms with Crippen molar-refractivity contribution < 1.29 is 17.9 Å². The molecule has 18 heavy (non-hydrogen) atoms. The highest BCUT2D eigenvalue weighted by atomic mass is 32.2. The van der Waals surface area contributed by atoms with Gasteiger partial charge >= 0.3 is 16.3 Å². The van der Waals surface area contributed by atoms with Crippen molar-refractivity contribution in [3.05, 3.63) is 29.8 Å². The average Bonchev–Trinajstić information content (AvgIpc) is 2.37. The fraction of sp³-hybridized carbons (Fsp3) is 0.300. The summed E-state index contributed by atoms with van der Waals surface area (Å²) in [5, 5.41) is 0. The zero-order valence-corrected chi connectivity index (χ0v) is 10.9. The quantitative estimate of drug-likeness (QED) is 0.815. The first-order valence-electron chi connectivity index (χ1n) is 5.04. The predicted molar refractivity (Wildman–Crippen MR) is 67.2 cm³/mol. The molecule has 100 valence electrons. The number of ether oxygens (including phenoxy) is 1. The first kappa shape index (κ1) is 14.3. The van der Waals surface area contributed by atoms with Gasteiger partial charge in [-0.1, -0.05) is 12.1 Å².